The van der Waals surface area contributed by atoms with Crippen LogP contribution < -0.4 is 10.6 Å². The number of nitrogens with zero attached hydrogens (tertiary/aromatic N) is 1. The van der Waals surface area contributed by atoms with Crippen LogP contribution in [0.5, 0.6) is 0 Å². The molecule has 2 rings (SSSR count). The first-order valence-corrected chi connectivity index (χ1v) is 8.27. The molecule has 0 aliphatic carbocycles. The van der Waals surface area contributed by atoms with Crippen molar-refractivity contribution in [2.75, 3.05) is 37.4 Å². The Morgan fingerprint density at radius 1 is 1.31 bits per heavy atom. The van der Waals surface area contributed by atoms with Gasteiger partial charge in [-0.25, -0.2) is 4.79 Å². The van der Waals surface area contributed by atoms with E-state index in [1.807, 2.05) is 0 Å². The number of aliphatic hydroxyl groups excluding tert-OH is 1. The summed E-state index contributed by atoms with van der Waals surface area (Å²) in [7, 11) is 1.24. The summed E-state index contributed by atoms with van der Waals surface area (Å²) < 4.78 is 4.74. The first-order valence-electron chi connectivity index (χ1n) is 8.27. The van der Waals surface area contributed by atoms with Crippen LogP contribution in [-0.4, -0.2) is 54.6 Å². The number of esters is 1. The molecule has 0 spiro atoms. The van der Waals surface area contributed by atoms with E-state index in [0.29, 0.717) is 11.4 Å². The van der Waals surface area contributed by atoms with E-state index in [9.17, 15) is 14.4 Å². The second-order valence-corrected chi connectivity index (χ2v) is 6.15. The van der Waals surface area contributed by atoms with E-state index < -0.39 is 11.9 Å². The van der Waals surface area contributed by atoms with Crippen LogP contribution in [0.25, 0.3) is 0 Å². The number of rotatable bonds is 7. The Bertz CT molecular complexity index is 742. The number of methoxy groups -OCH3 is 1. The van der Waals surface area contributed by atoms with E-state index >= 15 is 0 Å². The van der Waals surface area contributed by atoms with Crippen molar-refractivity contribution in [1.82, 2.24) is 4.90 Å². The number of carbonyl (C=O) groups excluding carboxylic acids is 3. The van der Waals surface area contributed by atoms with Gasteiger partial charge in [-0.15, -0.1) is 0 Å². The van der Waals surface area contributed by atoms with Crippen LogP contribution in [-0.2, 0) is 19.1 Å². The molecule has 26 heavy (non-hydrogen) atoms. The van der Waals surface area contributed by atoms with Gasteiger partial charge in [0.15, 0.2) is 0 Å². The Morgan fingerprint density at radius 2 is 2.00 bits per heavy atom. The molecule has 3 N–H and O–H groups in total. The second kappa shape index (κ2) is 8.48. The van der Waals surface area contributed by atoms with Crippen LogP contribution in [0.2, 0.25) is 0 Å². The summed E-state index contributed by atoms with van der Waals surface area (Å²) >= 11 is 0. The van der Waals surface area contributed by atoms with E-state index in [2.05, 4.69) is 10.6 Å². The third kappa shape index (κ3) is 4.40. The number of amides is 2. The van der Waals surface area contributed by atoms with Crippen molar-refractivity contribution in [3.63, 3.8) is 0 Å². The van der Waals surface area contributed by atoms with Gasteiger partial charge in [0.25, 0.3) is 5.91 Å². The molecular formula is C18H23N3O5. The molecule has 0 atom stereocenters. The maximum absolute atomic E-state index is 12.5. The monoisotopic (exact) mass is 361 g/mol. The lowest BCUT2D eigenvalue weighted by atomic mass is 10.2. The van der Waals surface area contributed by atoms with Crippen LogP contribution in [0.4, 0.5) is 11.4 Å². The SMILES string of the molecule is COC(=O)C1=C(Nc2cccc(NC(=O)C(C)C)c2)C(=O)N(CCO)C1. The predicted octanol–water partition coefficient (Wildman–Crippen LogP) is 0.955. The molecule has 1 aromatic rings. The summed E-state index contributed by atoms with van der Waals surface area (Å²) in [5, 5.41) is 14.8. The first kappa shape index (κ1) is 19.5. The van der Waals surface area contributed by atoms with Crippen molar-refractivity contribution in [3.8, 4) is 0 Å². The van der Waals surface area contributed by atoms with Crippen molar-refractivity contribution < 1.29 is 24.2 Å². The van der Waals surface area contributed by atoms with Crippen LogP contribution in [0.3, 0.4) is 0 Å². The Morgan fingerprint density at radius 3 is 2.62 bits per heavy atom. The predicted molar refractivity (Wildman–Crippen MR) is 96.2 cm³/mol. The number of hydrogen-bond donors (Lipinski definition) is 3. The number of benzene rings is 1. The highest BCUT2D eigenvalue weighted by atomic mass is 16.5. The number of ether oxygens (including phenoxy) is 1. The third-order valence-corrected chi connectivity index (χ3v) is 3.88. The van der Waals surface area contributed by atoms with Gasteiger partial charge in [0.05, 0.1) is 25.8 Å². The van der Waals surface area contributed by atoms with Gasteiger partial charge in [-0.05, 0) is 18.2 Å². The van der Waals surface area contributed by atoms with Crippen molar-refractivity contribution in [2.45, 2.75) is 13.8 Å². The molecule has 0 bridgehead atoms. The van der Waals surface area contributed by atoms with E-state index in [1.54, 1.807) is 38.1 Å². The molecule has 0 aromatic heterocycles. The van der Waals surface area contributed by atoms with Gasteiger partial charge in [0.2, 0.25) is 5.91 Å². The maximum atomic E-state index is 12.5. The molecule has 1 aliphatic heterocycles. The Balaban J connectivity index is 2.25. The smallest absolute Gasteiger partial charge is 0.337 e. The van der Waals surface area contributed by atoms with Gasteiger partial charge < -0.3 is 25.4 Å². The average molecular weight is 361 g/mol. The van der Waals surface area contributed by atoms with Crippen LogP contribution in [0.1, 0.15) is 13.8 Å². The lowest BCUT2D eigenvalue weighted by molar-refractivity contribution is -0.136. The van der Waals surface area contributed by atoms with Crippen molar-refractivity contribution in [3.05, 3.63) is 35.5 Å². The van der Waals surface area contributed by atoms with Gasteiger partial charge in [-0.3, -0.25) is 9.59 Å². The van der Waals surface area contributed by atoms with Crippen LogP contribution >= 0.6 is 0 Å². The number of β-amino-alcohol motifs (C(OH)–C–C–N with tert-alkyl or cyclic N) is 1. The van der Waals surface area contributed by atoms with Gasteiger partial charge in [0.1, 0.15) is 5.70 Å². The summed E-state index contributed by atoms with van der Waals surface area (Å²) in [6.07, 6.45) is 0. The minimum atomic E-state index is -0.606. The molecule has 0 saturated heterocycles. The quantitative estimate of drug-likeness (QED) is 0.624. The highest BCUT2D eigenvalue weighted by Gasteiger charge is 2.34. The van der Waals surface area contributed by atoms with Crippen molar-refractivity contribution in [1.29, 1.82) is 0 Å². The molecule has 2 amide bonds. The molecule has 140 valence electrons. The lowest BCUT2D eigenvalue weighted by Crippen LogP contribution is -2.31. The van der Waals surface area contributed by atoms with Gasteiger partial charge in [-0.2, -0.15) is 0 Å². The molecule has 1 aromatic carbocycles. The minimum absolute atomic E-state index is 0.0676. The summed E-state index contributed by atoms with van der Waals surface area (Å²) in [5.41, 5.74) is 1.42. The van der Waals surface area contributed by atoms with Crippen molar-refractivity contribution >= 4 is 29.2 Å². The number of nitrogens with one attached hydrogen (secondary N) is 2. The zero-order valence-electron chi connectivity index (χ0n) is 15.0. The molecule has 0 unspecified atom stereocenters. The Kier molecular flexibility index (Phi) is 6.35. The Labute approximate surface area is 151 Å². The molecular weight excluding hydrogens is 338 g/mol. The molecule has 8 nitrogen and oxygen atoms in total. The zero-order chi connectivity index (χ0) is 19.3. The third-order valence-electron chi connectivity index (χ3n) is 3.88. The molecule has 0 fully saturated rings. The number of anilines is 2. The number of aliphatic hydroxyl groups is 1. The first-order chi connectivity index (χ1) is 12.4. The molecule has 1 heterocycles. The van der Waals surface area contributed by atoms with Crippen LogP contribution in [0, 0.1) is 5.92 Å². The Hall–Kier alpha value is -2.87. The number of carbonyl (C=O) groups is 3. The zero-order valence-corrected chi connectivity index (χ0v) is 15.0. The van der Waals surface area contributed by atoms with E-state index in [0.717, 1.165) is 0 Å². The molecule has 8 heteroatoms. The molecule has 0 saturated carbocycles. The highest BCUT2D eigenvalue weighted by Crippen LogP contribution is 2.24. The fourth-order valence-corrected chi connectivity index (χ4v) is 2.45. The van der Waals surface area contributed by atoms with E-state index in [1.165, 1.54) is 12.0 Å². The average Bonchev–Trinajstić information content (AvgIpc) is 2.91. The summed E-state index contributed by atoms with van der Waals surface area (Å²) in [6, 6.07) is 6.84. The maximum Gasteiger partial charge on any atom is 0.337 e. The summed E-state index contributed by atoms with van der Waals surface area (Å²) in [4.78, 5) is 37.7. The standard InChI is InChI=1S/C18H23N3O5/c1-11(2)16(23)20-13-6-4-5-12(9-13)19-15-14(18(25)26-3)10-21(7-8-22)17(15)24/h4-6,9,11,19,22H,7-8,10H2,1-3H3,(H,20,23). The van der Waals surface area contributed by atoms with Crippen LogP contribution in [0.15, 0.2) is 35.5 Å². The highest BCUT2D eigenvalue weighted by molar-refractivity contribution is 6.08. The second-order valence-electron chi connectivity index (χ2n) is 6.15. The van der Waals surface area contributed by atoms with E-state index in [-0.39, 0.29) is 42.8 Å². The summed E-state index contributed by atoms with van der Waals surface area (Å²) in [5.74, 6) is -1.28. The van der Waals surface area contributed by atoms with Gasteiger partial charge in [-0.1, -0.05) is 19.9 Å². The normalized spacial score (nSPS) is 14.0. The number of hydrogen-bond acceptors (Lipinski definition) is 6. The summed E-state index contributed by atoms with van der Waals surface area (Å²) in [6.45, 7) is 3.56. The molecule has 0 radical (unpaired) electrons. The van der Waals surface area contributed by atoms with Gasteiger partial charge >= 0.3 is 5.97 Å². The topological polar surface area (TPSA) is 108 Å². The fraction of sp³-hybridized carbons (Fsp3) is 0.389. The van der Waals surface area contributed by atoms with E-state index in [4.69, 9.17) is 9.84 Å². The lowest BCUT2D eigenvalue weighted by Gasteiger charge is -2.15. The van der Waals surface area contributed by atoms with Gasteiger partial charge in [0, 0.05) is 23.8 Å². The molecule has 1 aliphatic rings. The fourth-order valence-electron chi connectivity index (χ4n) is 2.45. The minimum Gasteiger partial charge on any atom is -0.466 e. The van der Waals surface area contributed by atoms with Crippen molar-refractivity contribution in [2.24, 2.45) is 5.92 Å². The largest absolute Gasteiger partial charge is 0.466 e.